The van der Waals surface area contributed by atoms with E-state index in [0.29, 0.717) is 6.54 Å². The molecule has 0 bridgehead atoms. The zero-order chi connectivity index (χ0) is 16.9. The van der Waals surface area contributed by atoms with Gasteiger partial charge < -0.3 is 5.32 Å². The van der Waals surface area contributed by atoms with Crippen molar-refractivity contribution in [1.29, 1.82) is 0 Å². The normalized spacial score (nSPS) is 18.3. The fraction of sp³-hybridized carbons (Fsp3) is 0.350. The van der Waals surface area contributed by atoms with E-state index < -0.39 is 5.82 Å². The predicted molar refractivity (Wildman–Crippen MR) is 94.2 cm³/mol. The molecular weight excluding hydrogens is 303 g/mol. The van der Waals surface area contributed by atoms with Gasteiger partial charge in [0.15, 0.2) is 0 Å². The first-order chi connectivity index (χ1) is 11.6. The second-order valence-electron chi connectivity index (χ2n) is 6.53. The van der Waals surface area contributed by atoms with E-state index in [2.05, 4.69) is 41.4 Å². The van der Waals surface area contributed by atoms with Gasteiger partial charge in [0, 0.05) is 13.1 Å². The van der Waals surface area contributed by atoms with Crippen molar-refractivity contribution in [2.75, 3.05) is 18.4 Å². The Kier molecular flexibility index (Phi) is 5.26. The number of piperidine rings is 1. The van der Waals surface area contributed by atoms with E-state index in [-0.39, 0.29) is 17.5 Å². The largest absolute Gasteiger partial charge is 0.323 e. The molecule has 0 radical (unpaired) electrons. The van der Waals surface area contributed by atoms with Gasteiger partial charge in [-0.15, -0.1) is 0 Å². The van der Waals surface area contributed by atoms with E-state index in [0.717, 1.165) is 25.9 Å². The highest BCUT2D eigenvalue weighted by atomic mass is 19.1. The molecule has 0 spiro atoms. The van der Waals surface area contributed by atoms with Gasteiger partial charge in [-0.1, -0.05) is 42.0 Å². The Labute approximate surface area is 142 Å². The lowest BCUT2D eigenvalue weighted by Crippen LogP contribution is -2.40. The number of carbonyl (C=O) groups is 1. The van der Waals surface area contributed by atoms with Gasteiger partial charge in [0.1, 0.15) is 5.82 Å². The fourth-order valence-electron chi connectivity index (χ4n) is 3.28. The average molecular weight is 326 g/mol. The minimum absolute atomic E-state index is 0.0888. The Hall–Kier alpha value is -2.20. The molecule has 4 heteroatoms. The number of amides is 1. The standard InChI is InChI=1S/C20H23FN2O/c1-15-6-4-7-16(12-15)13-23-11-5-8-17(14-23)20(24)22-19-10-3-2-9-18(19)21/h2-4,6-7,9-10,12,17H,5,8,11,13-14H2,1H3,(H,22,24). The number of hydrogen-bond donors (Lipinski definition) is 1. The summed E-state index contributed by atoms with van der Waals surface area (Å²) < 4.78 is 13.7. The third-order valence-corrected chi connectivity index (χ3v) is 4.50. The highest BCUT2D eigenvalue weighted by molar-refractivity contribution is 5.92. The maximum atomic E-state index is 13.7. The van der Waals surface area contributed by atoms with Gasteiger partial charge in [-0.25, -0.2) is 4.39 Å². The van der Waals surface area contributed by atoms with E-state index in [1.165, 1.54) is 17.2 Å². The summed E-state index contributed by atoms with van der Waals surface area (Å²) in [7, 11) is 0. The van der Waals surface area contributed by atoms with Crippen LogP contribution in [0.4, 0.5) is 10.1 Å². The van der Waals surface area contributed by atoms with Crippen molar-refractivity contribution in [1.82, 2.24) is 4.90 Å². The van der Waals surface area contributed by atoms with Gasteiger partial charge >= 0.3 is 0 Å². The van der Waals surface area contributed by atoms with Crippen LogP contribution in [-0.4, -0.2) is 23.9 Å². The molecule has 0 aliphatic carbocycles. The Morgan fingerprint density at radius 3 is 2.88 bits per heavy atom. The number of para-hydroxylation sites is 1. The van der Waals surface area contributed by atoms with Crippen LogP contribution in [0.2, 0.25) is 0 Å². The Morgan fingerprint density at radius 1 is 1.25 bits per heavy atom. The number of anilines is 1. The summed E-state index contributed by atoms with van der Waals surface area (Å²) in [5, 5.41) is 2.73. The molecule has 1 amide bonds. The van der Waals surface area contributed by atoms with Crippen LogP contribution in [0.25, 0.3) is 0 Å². The lowest BCUT2D eigenvalue weighted by Gasteiger charge is -2.32. The van der Waals surface area contributed by atoms with E-state index in [9.17, 15) is 9.18 Å². The van der Waals surface area contributed by atoms with Crippen molar-refractivity contribution in [3.63, 3.8) is 0 Å². The van der Waals surface area contributed by atoms with Gasteiger partial charge in [0.05, 0.1) is 11.6 Å². The van der Waals surface area contributed by atoms with Gasteiger partial charge in [0.25, 0.3) is 0 Å². The highest BCUT2D eigenvalue weighted by Gasteiger charge is 2.26. The van der Waals surface area contributed by atoms with E-state index in [1.807, 2.05) is 0 Å². The summed E-state index contributed by atoms with van der Waals surface area (Å²) in [6.07, 6.45) is 1.84. The number of benzene rings is 2. The van der Waals surface area contributed by atoms with Crippen LogP contribution >= 0.6 is 0 Å². The van der Waals surface area contributed by atoms with Crippen molar-refractivity contribution < 1.29 is 9.18 Å². The molecule has 1 unspecified atom stereocenters. The van der Waals surface area contributed by atoms with Gasteiger partial charge in [0.2, 0.25) is 5.91 Å². The third-order valence-electron chi connectivity index (χ3n) is 4.50. The zero-order valence-corrected chi connectivity index (χ0v) is 14.0. The van der Waals surface area contributed by atoms with Crippen molar-refractivity contribution in [3.8, 4) is 0 Å². The summed E-state index contributed by atoms with van der Waals surface area (Å²) in [5.41, 5.74) is 2.78. The summed E-state index contributed by atoms with van der Waals surface area (Å²) in [6.45, 7) is 4.65. The first-order valence-electron chi connectivity index (χ1n) is 8.45. The number of hydrogen-bond acceptors (Lipinski definition) is 2. The highest BCUT2D eigenvalue weighted by Crippen LogP contribution is 2.21. The molecule has 2 aromatic carbocycles. The quantitative estimate of drug-likeness (QED) is 0.921. The molecule has 1 saturated heterocycles. The van der Waals surface area contributed by atoms with Crippen molar-refractivity contribution in [2.24, 2.45) is 5.92 Å². The molecule has 1 aliphatic rings. The molecule has 1 aliphatic heterocycles. The molecule has 1 atom stereocenters. The van der Waals surface area contributed by atoms with Crippen molar-refractivity contribution >= 4 is 11.6 Å². The van der Waals surface area contributed by atoms with Crippen molar-refractivity contribution in [2.45, 2.75) is 26.3 Å². The van der Waals surface area contributed by atoms with E-state index in [1.54, 1.807) is 18.2 Å². The van der Waals surface area contributed by atoms with Crippen LogP contribution in [0.5, 0.6) is 0 Å². The fourth-order valence-corrected chi connectivity index (χ4v) is 3.28. The smallest absolute Gasteiger partial charge is 0.228 e. The van der Waals surface area contributed by atoms with Crippen LogP contribution in [-0.2, 0) is 11.3 Å². The number of nitrogens with zero attached hydrogens (tertiary/aromatic N) is 1. The summed E-state index contributed by atoms with van der Waals surface area (Å²) >= 11 is 0. The van der Waals surface area contributed by atoms with Crippen molar-refractivity contribution in [3.05, 3.63) is 65.5 Å². The molecule has 126 valence electrons. The van der Waals surface area contributed by atoms with Gasteiger partial charge in [-0.05, 0) is 44.0 Å². The number of aryl methyl sites for hydroxylation is 1. The van der Waals surface area contributed by atoms with E-state index in [4.69, 9.17) is 0 Å². The molecular formula is C20H23FN2O. The second kappa shape index (κ2) is 7.58. The monoisotopic (exact) mass is 326 g/mol. The predicted octanol–water partition coefficient (Wildman–Crippen LogP) is 3.98. The molecule has 0 aromatic heterocycles. The zero-order valence-electron chi connectivity index (χ0n) is 14.0. The van der Waals surface area contributed by atoms with Crippen LogP contribution in [0.3, 0.4) is 0 Å². The summed E-state index contributed by atoms with van der Waals surface area (Å²) in [4.78, 5) is 14.8. The molecule has 1 heterocycles. The molecule has 3 rings (SSSR count). The topological polar surface area (TPSA) is 32.3 Å². The lowest BCUT2D eigenvalue weighted by atomic mass is 9.96. The number of likely N-dealkylation sites (tertiary alicyclic amines) is 1. The van der Waals surface area contributed by atoms with Gasteiger partial charge in [-0.3, -0.25) is 9.69 Å². The molecule has 1 fully saturated rings. The molecule has 3 nitrogen and oxygen atoms in total. The van der Waals surface area contributed by atoms with Crippen LogP contribution in [0.1, 0.15) is 24.0 Å². The Balaban J connectivity index is 1.60. The third kappa shape index (κ3) is 4.20. The van der Waals surface area contributed by atoms with Crippen LogP contribution in [0, 0.1) is 18.7 Å². The molecule has 2 aromatic rings. The molecule has 1 N–H and O–H groups in total. The van der Waals surface area contributed by atoms with Gasteiger partial charge in [-0.2, -0.15) is 0 Å². The summed E-state index contributed by atoms with van der Waals surface area (Å²) in [6, 6.07) is 14.8. The average Bonchev–Trinajstić information content (AvgIpc) is 2.57. The molecule has 24 heavy (non-hydrogen) atoms. The number of carbonyl (C=O) groups excluding carboxylic acids is 1. The SMILES string of the molecule is Cc1cccc(CN2CCCC(C(=O)Nc3ccccc3F)C2)c1. The first-order valence-corrected chi connectivity index (χ1v) is 8.45. The number of nitrogens with one attached hydrogen (secondary N) is 1. The maximum Gasteiger partial charge on any atom is 0.228 e. The van der Waals surface area contributed by atoms with Crippen LogP contribution < -0.4 is 5.32 Å². The lowest BCUT2D eigenvalue weighted by molar-refractivity contribution is -0.121. The van der Waals surface area contributed by atoms with Crippen LogP contribution in [0.15, 0.2) is 48.5 Å². The second-order valence-corrected chi connectivity index (χ2v) is 6.53. The summed E-state index contributed by atoms with van der Waals surface area (Å²) in [5.74, 6) is -0.574. The Morgan fingerprint density at radius 2 is 2.08 bits per heavy atom. The molecule has 0 saturated carbocycles. The first kappa shape index (κ1) is 16.7. The Bertz CT molecular complexity index is 716. The number of halogens is 1. The maximum absolute atomic E-state index is 13.7. The minimum Gasteiger partial charge on any atom is -0.323 e. The number of rotatable bonds is 4. The minimum atomic E-state index is -0.390. The van der Waals surface area contributed by atoms with E-state index >= 15 is 0 Å².